The predicted molar refractivity (Wildman–Crippen MR) is 102 cm³/mol. The van der Waals surface area contributed by atoms with Gasteiger partial charge < -0.3 is 15.1 Å². The SMILES string of the molecule is CN1/C(=C/N=Nc2ccccc2)C(C)(C)c2ccccc21.O=C(O)CO. The van der Waals surface area contributed by atoms with E-state index >= 15 is 0 Å². The van der Waals surface area contributed by atoms with Gasteiger partial charge in [0.25, 0.3) is 0 Å². The van der Waals surface area contributed by atoms with Gasteiger partial charge >= 0.3 is 5.97 Å². The number of anilines is 1. The van der Waals surface area contributed by atoms with E-state index in [-0.39, 0.29) is 5.41 Å². The van der Waals surface area contributed by atoms with Crippen LogP contribution in [0.15, 0.2) is 76.7 Å². The Morgan fingerprint density at radius 3 is 2.27 bits per heavy atom. The van der Waals surface area contributed by atoms with E-state index in [0.29, 0.717) is 0 Å². The van der Waals surface area contributed by atoms with Crippen molar-refractivity contribution in [3.8, 4) is 0 Å². The number of carboxylic acids is 1. The number of aliphatic hydroxyl groups is 1. The first kappa shape index (κ1) is 19.3. The van der Waals surface area contributed by atoms with Crippen molar-refractivity contribution < 1.29 is 15.0 Å². The normalized spacial score (nSPS) is 16.3. The molecule has 0 spiro atoms. The van der Waals surface area contributed by atoms with Crippen LogP contribution in [0.4, 0.5) is 11.4 Å². The highest BCUT2D eigenvalue weighted by Gasteiger charge is 2.38. The Morgan fingerprint density at radius 2 is 1.69 bits per heavy atom. The van der Waals surface area contributed by atoms with E-state index in [2.05, 4.69) is 60.3 Å². The van der Waals surface area contributed by atoms with Crippen LogP contribution in [0, 0.1) is 0 Å². The zero-order valence-electron chi connectivity index (χ0n) is 15.1. The van der Waals surface area contributed by atoms with Crippen molar-refractivity contribution in [1.29, 1.82) is 0 Å². The summed E-state index contributed by atoms with van der Waals surface area (Å²) in [5.74, 6) is -1.19. The molecule has 0 saturated carbocycles. The molecule has 0 saturated heterocycles. The maximum atomic E-state index is 9.12. The average Bonchev–Trinajstić information content (AvgIpc) is 2.84. The van der Waals surface area contributed by atoms with Gasteiger partial charge in [-0.1, -0.05) is 50.2 Å². The van der Waals surface area contributed by atoms with Crippen molar-refractivity contribution in [1.82, 2.24) is 0 Å². The highest BCUT2D eigenvalue weighted by Crippen LogP contribution is 2.46. The lowest BCUT2D eigenvalue weighted by molar-refractivity contribution is -0.140. The number of hydrogen-bond donors (Lipinski definition) is 2. The fourth-order valence-corrected chi connectivity index (χ4v) is 2.87. The molecule has 0 amide bonds. The summed E-state index contributed by atoms with van der Waals surface area (Å²) >= 11 is 0. The van der Waals surface area contributed by atoms with E-state index in [1.54, 1.807) is 0 Å². The number of allylic oxidation sites excluding steroid dienone is 1. The minimum absolute atomic E-state index is 0.0545. The maximum Gasteiger partial charge on any atom is 0.329 e. The molecule has 26 heavy (non-hydrogen) atoms. The van der Waals surface area contributed by atoms with Crippen LogP contribution in [0.1, 0.15) is 19.4 Å². The number of carboxylic acid groups (broad SMARTS) is 1. The molecular formula is C20H23N3O3. The van der Waals surface area contributed by atoms with Crippen LogP contribution >= 0.6 is 0 Å². The van der Waals surface area contributed by atoms with Crippen LogP contribution in [-0.2, 0) is 10.2 Å². The molecule has 1 heterocycles. The zero-order valence-corrected chi connectivity index (χ0v) is 15.1. The Labute approximate surface area is 153 Å². The zero-order chi connectivity index (χ0) is 19.2. The van der Waals surface area contributed by atoms with Gasteiger partial charge in [0.2, 0.25) is 0 Å². The summed E-state index contributed by atoms with van der Waals surface area (Å²) in [5, 5.41) is 23.5. The number of para-hydroxylation sites is 1. The molecule has 0 aromatic heterocycles. The topological polar surface area (TPSA) is 85.5 Å². The van der Waals surface area contributed by atoms with Crippen molar-refractivity contribution in [3.05, 3.63) is 72.1 Å². The van der Waals surface area contributed by atoms with E-state index in [1.165, 1.54) is 11.3 Å². The first-order valence-corrected chi connectivity index (χ1v) is 8.20. The number of benzene rings is 2. The van der Waals surface area contributed by atoms with Gasteiger partial charge in [-0.05, 0) is 23.8 Å². The Bertz CT molecular complexity index is 814. The molecule has 6 heteroatoms. The second-order valence-electron chi connectivity index (χ2n) is 6.32. The number of carbonyl (C=O) groups is 1. The number of azo groups is 1. The van der Waals surface area contributed by atoms with Crippen LogP contribution in [0.25, 0.3) is 0 Å². The van der Waals surface area contributed by atoms with Gasteiger partial charge in [0.05, 0.1) is 11.9 Å². The molecule has 1 aliphatic heterocycles. The van der Waals surface area contributed by atoms with Gasteiger partial charge in [-0.3, -0.25) is 0 Å². The molecule has 0 bridgehead atoms. The molecule has 136 valence electrons. The summed E-state index contributed by atoms with van der Waals surface area (Å²) in [7, 11) is 2.08. The van der Waals surface area contributed by atoms with E-state index in [1.807, 2.05) is 36.5 Å². The molecule has 2 aromatic rings. The van der Waals surface area contributed by atoms with E-state index in [0.717, 1.165) is 11.4 Å². The molecule has 3 rings (SSSR count). The summed E-state index contributed by atoms with van der Waals surface area (Å²) in [6.07, 6.45) is 1.87. The van der Waals surface area contributed by atoms with Gasteiger partial charge in [-0.25, -0.2) is 4.79 Å². The lowest BCUT2D eigenvalue weighted by atomic mass is 9.84. The molecule has 0 unspecified atom stereocenters. The van der Waals surface area contributed by atoms with Gasteiger partial charge in [0, 0.05) is 23.8 Å². The monoisotopic (exact) mass is 353 g/mol. The third-order valence-corrected chi connectivity index (χ3v) is 4.19. The number of aliphatic carboxylic acids is 1. The first-order valence-electron chi connectivity index (χ1n) is 8.20. The Morgan fingerprint density at radius 1 is 1.12 bits per heavy atom. The molecule has 0 radical (unpaired) electrons. The smallest absolute Gasteiger partial charge is 0.329 e. The summed E-state index contributed by atoms with van der Waals surface area (Å²) < 4.78 is 0. The highest BCUT2D eigenvalue weighted by molar-refractivity contribution is 5.69. The standard InChI is InChI=1S/C18H19N3.C2H4O3/c1-18(2)15-11-7-8-12-16(15)21(3)17(18)13-19-20-14-9-5-4-6-10-14;3-1-2(4)5/h4-13H,1-3H3;3H,1H2,(H,4,5)/b17-13+,20-19?;. The number of fused-ring (bicyclic) bond motifs is 1. The minimum atomic E-state index is -1.19. The molecule has 0 atom stereocenters. The van der Waals surface area contributed by atoms with Crippen LogP contribution in [0.3, 0.4) is 0 Å². The quantitative estimate of drug-likeness (QED) is 0.814. The van der Waals surface area contributed by atoms with Crippen LogP contribution in [-0.4, -0.2) is 29.8 Å². The first-order chi connectivity index (χ1) is 12.4. The summed E-state index contributed by atoms with van der Waals surface area (Å²) in [6.45, 7) is 3.67. The molecule has 2 aromatic carbocycles. The van der Waals surface area contributed by atoms with Crippen LogP contribution in [0.2, 0.25) is 0 Å². The molecule has 0 fully saturated rings. The summed E-state index contributed by atoms with van der Waals surface area (Å²) in [5.41, 5.74) is 4.53. The van der Waals surface area contributed by atoms with Crippen LogP contribution < -0.4 is 4.90 Å². The molecule has 2 N–H and O–H groups in total. The predicted octanol–water partition coefficient (Wildman–Crippen LogP) is 4.10. The molecule has 6 nitrogen and oxygen atoms in total. The highest BCUT2D eigenvalue weighted by atomic mass is 16.4. The lowest BCUT2D eigenvalue weighted by Crippen LogP contribution is -2.22. The third kappa shape index (κ3) is 4.34. The number of hydrogen-bond acceptors (Lipinski definition) is 5. The van der Waals surface area contributed by atoms with Gasteiger partial charge in [0.1, 0.15) is 6.61 Å². The number of aliphatic hydroxyl groups excluding tert-OH is 1. The molecular weight excluding hydrogens is 330 g/mol. The third-order valence-electron chi connectivity index (χ3n) is 4.19. The van der Waals surface area contributed by atoms with E-state index < -0.39 is 12.6 Å². The molecule has 1 aliphatic rings. The Balaban J connectivity index is 0.000000431. The Kier molecular flexibility index (Phi) is 6.25. The minimum Gasteiger partial charge on any atom is -0.480 e. The van der Waals surface area contributed by atoms with Crippen molar-refractivity contribution in [2.24, 2.45) is 10.2 Å². The van der Waals surface area contributed by atoms with Crippen molar-refractivity contribution in [2.45, 2.75) is 19.3 Å². The van der Waals surface area contributed by atoms with E-state index in [9.17, 15) is 0 Å². The molecule has 0 aliphatic carbocycles. The average molecular weight is 353 g/mol. The van der Waals surface area contributed by atoms with E-state index in [4.69, 9.17) is 15.0 Å². The van der Waals surface area contributed by atoms with Crippen molar-refractivity contribution >= 4 is 17.3 Å². The van der Waals surface area contributed by atoms with Crippen molar-refractivity contribution in [2.75, 3.05) is 18.6 Å². The lowest BCUT2D eigenvalue weighted by Gasteiger charge is -2.22. The van der Waals surface area contributed by atoms with Crippen LogP contribution in [0.5, 0.6) is 0 Å². The fourth-order valence-electron chi connectivity index (χ4n) is 2.87. The maximum absolute atomic E-state index is 9.12. The second-order valence-corrected chi connectivity index (χ2v) is 6.32. The number of nitrogens with zero attached hydrogens (tertiary/aromatic N) is 3. The number of rotatable bonds is 3. The largest absolute Gasteiger partial charge is 0.480 e. The number of likely N-dealkylation sites (N-methyl/N-ethyl adjacent to an activating group) is 1. The van der Waals surface area contributed by atoms with Crippen molar-refractivity contribution in [3.63, 3.8) is 0 Å². The fraction of sp³-hybridized carbons (Fsp3) is 0.250. The van der Waals surface area contributed by atoms with Gasteiger partial charge in [-0.15, -0.1) is 0 Å². The second kappa shape index (κ2) is 8.40. The summed E-state index contributed by atoms with van der Waals surface area (Å²) in [4.78, 5) is 11.3. The van der Waals surface area contributed by atoms with Gasteiger partial charge in [-0.2, -0.15) is 10.2 Å². The van der Waals surface area contributed by atoms with Gasteiger partial charge in [0.15, 0.2) is 0 Å². The Hall–Kier alpha value is -2.99. The summed E-state index contributed by atoms with van der Waals surface area (Å²) in [6, 6.07) is 18.3.